The summed E-state index contributed by atoms with van der Waals surface area (Å²) in [6.07, 6.45) is 0. The Kier molecular flexibility index (Phi) is 6.13. The van der Waals surface area contributed by atoms with Crippen molar-refractivity contribution in [1.29, 1.82) is 0 Å². The summed E-state index contributed by atoms with van der Waals surface area (Å²) in [6, 6.07) is 11.6. The second-order valence-electron chi connectivity index (χ2n) is 6.27. The van der Waals surface area contributed by atoms with Crippen molar-refractivity contribution in [3.8, 4) is 11.5 Å². The van der Waals surface area contributed by atoms with Crippen LogP contribution in [0.15, 0.2) is 53.9 Å². The lowest BCUT2D eigenvalue weighted by Gasteiger charge is -2.18. The van der Waals surface area contributed by atoms with Crippen LogP contribution < -0.4 is 5.32 Å². The number of rotatable bonds is 6. The van der Waals surface area contributed by atoms with E-state index in [1.807, 2.05) is 17.5 Å². The molecule has 0 saturated carbocycles. The molecule has 0 fully saturated rings. The molecule has 8 heteroatoms. The van der Waals surface area contributed by atoms with Gasteiger partial charge in [-0.1, -0.05) is 24.3 Å². The number of amides is 1. The Morgan fingerprint density at radius 3 is 2.48 bits per heavy atom. The van der Waals surface area contributed by atoms with Crippen LogP contribution in [0.25, 0.3) is 0 Å². The van der Waals surface area contributed by atoms with E-state index in [9.17, 15) is 24.2 Å². The largest absolute Gasteiger partial charge is 0.504 e. The highest BCUT2D eigenvalue weighted by Crippen LogP contribution is 2.32. The lowest BCUT2D eigenvalue weighted by Crippen LogP contribution is -2.32. The molecule has 0 spiro atoms. The van der Waals surface area contributed by atoms with Crippen molar-refractivity contribution in [2.24, 2.45) is 0 Å². The van der Waals surface area contributed by atoms with E-state index in [-0.39, 0.29) is 11.4 Å². The van der Waals surface area contributed by atoms with E-state index in [0.717, 1.165) is 4.88 Å². The highest BCUT2D eigenvalue weighted by molar-refractivity contribution is 7.10. The van der Waals surface area contributed by atoms with Crippen LogP contribution >= 0.6 is 11.3 Å². The number of halogens is 1. The molecular weight excluding hydrogens is 397 g/mol. The number of carbonyl (C=O) groups excluding carboxylic acids is 2. The summed E-state index contributed by atoms with van der Waals surface area (Å²) in [7, 11) is 0. The minimum Gasteiger partial charge on any atom is -0.504 e. The molecule has 0 aliphatic rings. The molecule has 3 N–H and O–H groups in total. The Hall–Kier alpha value is -3.39. The van der Waals surface area contributed by atoms with Crippen molar-refractivity contribution in [3.63, 3.8) is 0 Å². The van der Waals surface area contributed by atoms with Gasteiger partial charge in [-0.15, -0.1) is 11.3 Å². The van der Waals surface area contributed by atoms with Gasteiger partial charge in [0, 0.05) is 4.88 Å². The average molecular weight is 415 g/mol. The van der Waals surface area contributed by atoms with Gasteiger partial charge in [-0.25, -0.2) is 9.18 Å². The smallest absolute Gasteiger partial charge is 0.342 e. The third-order valence-electron chi connectivity index (χ3n) is 4.24. The molecule has 150 valence electrons. The van der Waals surface area contributed by atoms with E-state index in [4.69, 9.17) is 4.74 Å². The molecule has 0 bridgehead atoms. The van der Waals surface area contributed by atoms with Crippen molar-refractivity contribution in [1.82, 2.24) is 5.32 Å². The number of hydrogen-bond acceptors (Lipinski definition) is 6. The van der Waals surface area contributed by atoms with Gasteiger partial charge in [0.2, 0.25) is 0 Å². The molecule has 0 saturated heterocycles. The monoisotopic (exact) mass is 415 g/mol. The first-order valence-electron chi connectivity index (χ1n) is 8.63. The third-order valence-corrected chi connectivity index (χ3v) is 5.18. The zero-order chi connectivity index (χ0) is 21.0. The van der Waals surface area contributed by atoms with Crippen LogP contribution in [0.5, 0.6) is 11.5 Å². The van der Waals surface area contributed by atoms with Crippen LogP contribution in [0.1, 0.15) is 32.4 Å². The quantitative estimate of drug-likeness (QED) is 0.422. The Morgan fingerprint density at radius 2 is 1.83 bits per heavy atom. The zero-order valence-corrected chi connectivity index (χ0v) is 16.2. The molecule has 1 unspecified atom stereocenters. The van der Waals surface area contributed by atoms with Crippen molar-refractivity contribution in [2.75, 3.05) is 6.61 Å². The summed E-state index contributed by atoms with van der Waals surface area (Å²) in [5, 5.41) is 24.2. The maximum Gasteiger partial charge on any atom is 0.342 e. The van der Waals surface area contributed by atoms with E-state index in [1.54, 1.807) is 19.1 Å². The second kappa shape index (κ2) is 8.74. The number of benzene rings is 2. The Morgan fingerprint density at radius 1 is 1.10 bits per heavy atom. The fraction of sp³-hybridized carbons (Fsp3) is 0.143. The predicted molar refractivity (Wildman–Crippen MR) is 105 cm³/mol. The topological polar surface area (TPSA) is 95.9 Å². The summed E-state index contributed by atoms with van der Waals surface area (Å²) in [6.45, 7) is 0.980. The number of ether oxygens (including phenoxy) is 1. The number of nitrogens with one attached hydrogen (secondary N) is 1. The Balaban J connectivity index is 1.69. The highest BCUT2D eigenvalue weighted by atomic mass is 32.1. The maximum atomic E-state index is 13.2. The van der Waals surface area contributed by atoms with Crippen molar-refractivity contribution in [3.05, 3.63) is 81.3 Å². The molecular formula is C21H18FNO5S. The van der Waals surface area contributed by atoms with Gasteiger partial charge in [-0.2, -0.15) is 0 Å². The fourth-order valence-corrected chi connectivity index (χ4v) is 3.49. The molecule has 3 aromatic rings. The predicted octanol–water partition coefficient (Wildman–Crippen LogP) is 3.67. The number of hydrogen-bond donors (Lipinski definition) is 3. The van der Waals surface area contributed by atoms with Gasteiger partial charge in [0.1, 0.15) is 11.4 Å². The fourth-order valence-electron chi connectivity index (χ4n) is 2.69. The first-order chi connectivity index (χ1) is 13.9. The van der Waals surface area contributed by atoms with E-state index in [0.29, 0.717) is 11.1 Å². The van der Waals surface area contributed by atoms with Gasteiger partial charge >= 0.3 is 5.97 Å². The standard InChI is InChI=1S/C21H18FNO5S/c1-12-4-9-15(20(26)19(12)25)21(27)28-11-17(24)23-18(16-3-2-10-29-16)13-5-7-14(22)8-6-13/h2-10,18,25-26H,11H2,1H3,(H,23,24). The lowest BCUT2D eigenvalue weighted by atomic mass is 10.1. The van der Waals surface area contributed by atoms with Gasteiger partial charge in [0.15, 0.2) is 18.1 Å². The van der Waals surface area contributed by atoms with Crippen LogP contribution in [-0.2, 0) is 9.53 Å². The van der Waals surface area contributed by atoms with E-state index >= 15 is 0 Å². The van der Waals surface area contributed by atoms with Gasteiger partial charge in [0.25, 0.3) is 5.91 Å². The van der Waals surface area contributed by atoms with Crippen LogP contribution in [0.2, 0.25) is 0 Å². The van der Waals surface area contributed by atoms with Gasteiger partial charge in [-0.3, -0.25) is 4.79 Å². The van der Waals surface area contributed by atoms with Crippen LogP contribution in [-0.4, -0.2) is 28.7 Å². The molecule has 29 heavy (non-hydrogen) atoms. The Labute approximate surface area is 170 Å². The number of aryl methyl sites for hydroxylation is 1. The molecule has 1 heterocycles. The van der Waals surface area contributed by atoms with Crippen molar-refractivity contribution >= 4 is 23.2 Å². The van der Waals surface area contributed by atoms with E-state index < -0.39 is 36.0 Å². The molecule has 1 atom stereocenters. The molecule has 1 amide bonds. The number of esters is 1. The van der Waals surface area contributed by atoms with E-state index in [1.165, 1.54) is 35.6 Å². The minimum absolute atomic E-state index is 0.241. The van der Waals surface area contributed by atoms with Crippen LogP contribution in [0, 0.1) is 12.7 Å². The van der Waals surface area contributed by atoms with Crippen molar-refractivity contribution < 1.29 is 28.9 Å². The normalized spacial score (nSPS) is 11.7. The van der Waals surface area contributed by atoms with Gasteiger partial charge in [0.05, 0.1) is 6.04 Å². The summed E-state index contributed by atoms with van der Waals surface area (Å²) in [5.74, 6) is -2.92. The number of carbonyl (C=O) groups is 2. The minimum atomic E-state index is -0.942. The summed E-state index contributed by atoms with van der Waals surface area (Å²) < 4.78 is 18.2. The second-order valence-corrected chi connectivity index (χ2v) is 7.25. The molecule has 3 rings (SSSR count). The number of thiophene rings is 1. The molecule has 6 nitrogen and oxygen atoms in total. The van der Waals surface area contributed by atoms with E-state index in [2.05, 4.69) is 5.32 Å². The average Bonchev–Trinajstić information content (AvgIpc) is 3.24. The molecule has 2 aromatic carbocycles. The SMILES string of the molecule is Cc1ccc(C(=O)OCC(=O)NC(c2ccc(F)cc2)c2cccs2)c(O)c1O. The number of phenols is 2. The van der Waals surface area contributed by atoms with Gasteiger partial charge < -0.3 is 20.3 Å². The number of aromatic hydroxyl groups is 2. The maximum absolute atomic E-state index is 13.2. The summed E-state index contributed by atoms with van der Waals surface area (Å²) in [5.41, 5.74) is 0.832. The summed E-state index contributed by atoms with van der Waals surface area (Å²) in [4.78, 5) is 25.3. The molecule has 0 radical (unpaired) electrons. The first-order valence-corrected chi connectivity index (χ1v) is 9.51. The van der Waals surface area contributed by atoms with Crippen LogP contribution in [0.3, 0.4) is 0 Å². The molecule has 1 aromatic heterocycles. The Bertz CT molecular complexity index is 1020. The highest BCUT2D eigenvalue weighted by Gasteiger charge is 2.21. The first kappa shape index (κ1) is 20.3. The van der Waals surface area contributed by atoms with Gasteiger partial charge in [-0.05, 0) is 47.7 Å². The zero-order valence-electron chi connectivity index (χ0n) is 15.4. The van der Waals surface area contributed by atoms with Crippen molar-refractivity contribution in [2.45, 2.75) is 13.0 Å². The number of phenolic OH excluding ortho intramolecular Hbond substituents is 2. The lowest BCUT2D eigenvalue weighted by molar-refractivity contribution is -0.124. The third kappa shape index (κ3) is 4.72. The van der Waals surface area contributed by atoms with Crippen LogP contribution in [0.4, 0.5) is 4.39 Å². The molecule has 0 aliphatic carbocycles. The summed E-state index contributed by atoms with van der Waals surface area (Å²) >= 11 is 1.42. The molecule has 0 aliphatic heterocycles.